The van der Waals surface area contributed by atoms with E-state index in [1.54, 1.807) is 11.3 Å². The molecular weight excluding hydrogens is 530 g/mol. The van der Waals surface area contributed by atoms with Crippen LogP contribution in [0.3, 0.4) is 0 Å². The third kappa shape index (κ3) is 3.84. The molecule has 40 heavy (non-hydrogen) atoms. The lowest BCUT2D eigenvalue weighted by Gasteiger charge is -2.11. The molecule has 188 valence electrons. The molecule has 0 atom stereocenters. The molecule has 2 aromatic heterocycles. The zero-order valence-electron chi connectivity index (χ0n) is 21.2. The van der Waals surface area contributed by atoms with Gasteiger partial charge in [-0.1, -0.05) is 109 Å². The number of halogens is 1. The van der Waals surface area contributed by atoms with Crippen LogP contribution in [0.1, 0.15) is 0 Å². The van der Waals surface area contributed by atoms with Crippen LogP contribution in [0.15, 0.2) is 121 Å². The van der Waals surface area contributed by atoms with Crippen molar-refractivity contribution in [3.63, 3.8) is 0 Å². The summed E-state index contributed by atoms with van der Waals surface area (Å²) in [6, 6.07) is 41.8. The van der Waals surface area contributed by atoms with Gasteiger partial charge in [-0.3, -0.25) is 0 Å². The van der Waals surface area contributed by atoms with E-state index >= 15 is 0 Å². The highest BCUT2D eigenvalue weighted by Crippen LogP contribution is 2.43. The maximum absolute atomic E-state index is 6.92. The number of benzene rings is 6. The number of thiophene rings is 1. The van der Waals surface area contributed by atoms with E-state index < -0.39 is 0 Å². The topological polar surface area (TPSA) is 38.7 Å². The standard InChI is InChI=1S/C35H20ClN3S/c36-29-18-17-28-27-11-5-6-12-30(27)40-32(28)31(29)35-38-33(25-15-13-21-7-1-3-9-23(21)19-25)37-34(39-35)26-16-14-22-8-2-4-10-24(22)20-26/h1-20H. The third-order valence-corrected chi connectivity index (χ3v) is 8.89. The second-order valence-electron chi connectivity index (χ2n) is 9.83. The molecule has 0 aliphatic rings. The number of aromatic nitrogens is 3. The van der Waals surface area contributed by atoms with Crippen molar-refractivity contribution in [1.29, 1.82) is 0 Å². The van der Waals surface area contributed by atoms with E-state index in [0.29, 0.717) is 22.5 Å². The van der Waals surface area contributed by atoms with Gasteiger partial charge in [0.1, 0.15) is 0 Å². The van der Waals surface area contributed by atoms with Crippen LogP contribution in [0.25, 0.3) is 75.9 Å². The van der Waals surface area contributed by atoms with Gasteiger partial charge >= 0.3 is 0 Å². The lowest BCUT2D eigenvalue weighted by Crippen LogP contribution is -2.00. The molecule has 3 nitrogen and oxygen atoms in total. The number of nitrogens with zero attached hydrogens (tertiary/aromatic N) is 3. The summed E-state index contributed by atoms with van der Waals surface area (Å²) in [5.74, 6) is 1.81. The van der Waals surface area contributed by atoms with E-state index in [2.05, 4.69) is 103 Å². The van der Waals surface area contributed by atoms with Gasteiger partial charge in [0.25, 0.3) is 0 Å². The van der Waals surface area contributed by atoms with Crippen LogP contribution in [0.2, 0.25) is 5.02 Å². The van der Waals surface area contributed by atoms with Gasteiger partial charge in [-0.05, 0) is 45.8 Å². The van der Waals surface area contributed by atoms with Crippen LogP contribution in [0.5, 0.6) is 0 Å². The Morgan fingerprint density at radius 1 is 0.475 bits per heavy atom. The predicted octanol–water partition coefficient (Wildman–Crippen LogP) is 10.2. The molecule has 0 amide bonds. The Kier molecular flexibility index (Phi) is 5.37. The number of hydrogen-bond donors (Lipinski definition) is 0. The summed E-state index contributed by atoms with van der Waals surface area (Å²) >= 11 is 8.64. The van der Waals surface area contributed by atoms with E-state index in [0.717, 1.165) is 37.5 Å². The lowest BCUT2D eigenvalue weighted by atomic mass is 10.1. The molecule has 0 bridgehead atoms. The maximum Gasteiger partial charge on any atom is 0.167 e. The molecule has 0 saturated heterocycles. The Balaban J connectivity index is 1.41. The summed E-state index contributed by atoms with van der Waals surface area (Å²) in [5.41, 5.74) is 2.71. The van der Waals surface area contributed by atoms with Crippen molar-refractivity contribution in [2.24, 2.45) is 0 Å². The third-order valence-electron chi connectivity index (χ3n) is 7.37. The van der Waals surface area contributed by atoms with Gasteiger partial charge < -0.3 is 0 Å². The van der Waals surface area contributed by atoms with Crippen LogP contribution in [-0.2, 0) is 0 Å². The maximum atomic E-state index is 6.92. The fourth-order valence-electron chi connectivity index (χ4n) is 5.38. The minimum Gasteiger partial charge on any atom is -0.208 e. The Morgan fingerprint density at radius 2 is 1.02 bits per heavy atom. The number of rotatable bonds is 3. The summed E-state index contributed by atoms with van der Waals surface area (Å²) < 4.78 is 2.29. The van der Waals surface area contributed by atoms with Gasteiger partial charge in [0, 0.05) is 31.3 Å². The molecule has 0 radical (unpaired) electrons. The van der Waals surface area contributed by atoms with E-state index in [4.69, 9.17) is 26.6 Å². The van der Waals surface area contributed by atoms with Gasteiger partial charge in [-0.15, -0.1) is 11.3 Å². The summed E-state index contributed by atoms with van der Waals surface area (Å²) in [6.45, 7) is 0. The molecule has 0 aliphatic carbocycles. The van der Waals surface area contributed by atoms with Crippen molar-refractivity contribution >= 4 is 64.7 Å². The monoisotopic (exact) mass is 549 g/mol. The Morgan fingerprint density at radius 3 is 1.68 bits per heavy atom. The van der Waals surface area contributed by atoms with E-state index in [1.807, 2.05) is 18.2 Å². The summed E-state index contributed by atoms with van der Waals surface area (Å²) in [4.78, 5) is 15.1. The van der Waals surface area contributed by atoms with E-state index in [9.17, 15) is 0 Å². The van der Waals surface area contributed by atoms with Gasteiger partial charge in [0.2, 0.25) is 0 Å². The highest BCUT2D eigenvalue weighted by molar-refractivity contribution is 7.26. The quantitative estimate of drug-likeness (QED) is 0.220. The largest absolute Gasteiger partial charge is 0.208 e. The molecule has 0 fully saturated rings. The molecule has 0 unspecified atom stereocenters. The van der Waals surface area contributed by atoms with Crippen molar-refractivity contribution < 1.29 is 0 Å². The van der Waals surface area contributed by atoms with Crippen LogP contribution in [-0.4, -0.2) is 15.0 Å². The predicted molar refractivity (Wildman–Crippen MR) is 169 cm³/mol. The molecular formula is C35H20ClN3S. The minimum atomic E-state index is 0.573. The molecule has 0 aliphatic heterocycles. The van der Waals surface area contributed by atoms with Crippen LogP contribution in [0.4, 0.5) is 0 Å². The van der Waals surface area contributed by atoms with Crippen molar-refractivity contribution in [2.75, 3.05) is 0 Å². The average molecular weight is 550 g/mol. The molecule has 0 N–H and O–H groups in total. The first-order valence-corrected chi connectivity index (χ1v) is 14.3. The fourth-order valence-corrected chi connectivity index (χ4v) is 6.92. The number of hydrogen-bond acceptors (Lipinski definition) is 4. The number of fused-ring (bicyclic) bond motifs is 5. The SMILES string of the molecule is Clc1ccc2c(sc3ccccc32)c1-c1nc(-c2ccc3ccccc3c2)nc(-c2ccc3ccccc3c2)n1. The Labute approximate surface area is 239 Å². The molecule has 2 heterocycles. The smallest absolute Gasteiger partial charge is 0.167 e. The second-order valence-corrected chi connectivity index (χ2v) is 11.3. The van der Waals surface area contributed by atoms with Gasteiger partial charge in [-0.25, -0.2) is 15.0 Å². The van der Waals surface area contributed by atoms with E-state index in [1.165, 1.54) is 20.9 Å². The molecule has 8 rings (SSSR count). The molecule has 5 heteroatoms. The zero-order valence-corrected chi connectivity index (χ0v) is 22.7. The summed E-state index contributed by atoms with van der Waals surface area (Å²) in [6.07, 6.45) is 0. The first kappa shape index (κ1) is 23.3. The fraction of sp³-hybridized carbons (Fsp3) is 0. The molecule has 0 saturated carbocycles. The van der Waals surface area contributed by atoms with Crippen molar-refractivity contribution in [1.82, 2.24) is 15.0 Å². The van der Waals surface area contributed by atoms with Crippen LogP contribution in [0, 0.1) is 0 Å². The highest BCUT2D eigenvalue weighted by atomic mass is 35.5. The van der Waals surface area contributed by atoms with Crippen molar-refractivity contribution in [3.8, 4) is 34.2 Å². The molecule has 6 aromatic carbocycles. The van der Waals surface area contributed by atoms with Crippen molar-refractivity contribution in [2.45, 2.75) is 0 Å². The van der Waals surface area contributed by atoms with Gasteiger partial charge in [0.15, 0.2) is 17.5 Å². The highest BCUT2D eigenvalue weighted by Gasteiger charge is 2.19. The van der Waals surface area contributed by atoms with Crippen molar-refractivity contribution in [3.05, 3.63) is 126 Å². The minimum absolute atomic E-state index is 0.573. The van der Waals surface area contributed by atoms with E-state index in [-0.39, 0.29) is 0 Å². The summed E-state index contributed by atoms with van der Waals surface area (Å²) in [7, 11) is 0. The Bertz CT molecular complexity index is 2160. The Hall–Kier alpha value is -4.64. The van der Waals surface area contributed by atoms with Gasteiger partial charge in [-0.2, -0.15) is 0 Å². The molecule has 8 aromatic rings. The second kappa shape index (κ2) is 9.23. The zero-order chi connectivity index (χ0) is 26.6. The molecule has 0 spiro atoms. The van der Waals surface area contributed by atoms with Crippen LogP contribution < -0.4 is 0 Å². The first-order valence-electron chi connectivity index (χ1n) is 13.1. The average Bonchev–Trinajstić information content (AvgIpc) is 3.38. The lowest BCUT2D eigenvalue weighted by molar-refractivity contribution is 1.08. The normalized spacial score (nSPS) is 11.6. The first-order chi connectivity index (χ1) is 19.7. The van der Waals surface area contributed by atoms with Gasteiger partial charge in [0.05, 0.1) is 10.6 Å². The van der Waals surface area contributed by atoms with Crippen LogP contribution >= 0.6 is 22.9 Å². The summed E-state index contributed by atoms with van der Waals surface area (Å²) in [5, 5.41) is 7.61.